The first kappa shape index (κ1) is 13.5. The van der Waals surface area contributed by atoms with Crippen LogP contribution in [-0.4, -0.2) is 24.8 Å². The Hall–Kier alpha value is -1.44. The smallest absolute Gasteiger partial charge is 0.176 e. The molecule has 5 nitrogen and oxygen atoms in total. The van der Waals surface area contributed by atoms with Gasteiger partial charge in [-0.1, -0.05) is 19.9 Å². The maximum Gasteiger partial charge on any atom is 0.176 e. The molecule has 0 saturated carbocycles. The van der Waals surface area contributed by atoms with Crippen LogP contribution in [0.3, 0.4) is 0 Å². The zero-order valence-electron chi connectivity index (χ0n) is 11.3. The number of nitrogens with one attached hydrogen (secondary N) is 1. The Bertz CT molecular complexity index is 690. The van der Waals surface area contributed by atoms with Crippen LogP contribution in [0.4, 0.5) is 0 Å². The Morgan fingerprint density at radius 2 is 2.30 bits per heavy atom. The molecule has 1 N–H and O–H groups in total. The van der Waals surface area contributed by atoms with Crippen molar-refractivity contribution in [3.05, 3.63) is 36.4 Å². The molecule has 0 aliphatic rings. The van der Waals surface area contributed by atoms with Gasteiger partial charge in [0.2, 0.25) is 0 Å². The number of rotatable bonds is 5. The minimum Gasteiger partial charge on any atom is -0.309 e. The fraction of sp³-hybridized carbons (Fsp3) is 0.308. The topological polar surface area (TPSA) is 55.1 Å². The largest absolute Gasteiger partial charge is 0.309 e. The van der Waals surface area contributed by atoms with E-state index in [0.29, 0.717) is 6.04 Å². The van der Waals surface area contributed by atoms with Crippen LogP contribution in [-0.2, 0) is 6.54 Å². The van der Waals surface area contributed by atoms with Crippen LogP contribution in [0, 0.1) is 0 Å². The molecule has 0 radical (unpaired) electrons. The summed E-state index contributed by atoms with van der Waals surface area (Å²) in [5.41, 5.74) is 2.12. The molecule has 0 fully saturated rings. The van der Waals surface area contributed by atoms with Crippen LogP contribution in [0.5, 0.6) is 0 Å². The zero-order chi connectivity index (χ0) is 13.9. The highest BCUT2D eigenvalue weighted by Crippen LogP contribution is 2.30. The highest BCUT2D eigenvalue weighted by atomic mass is 32.2. The molecule has 0 aromatic carbocycles. The van der Waals surface area contributed by atoms with Gasteiger partial charge in [0.1, 0.15) is 17.0 Å². The first-order valence-electron chi connectivity index (χ1n) is 6.38. The van der Waals surface area contributed by atoms with Crippen molar-refractivity contribution in [2.24, 2.45) is 0 Å². The van der Waals surface area contributed by atoms with Crippen molar-refractivity contribution < 1.29 is 0 Å². The fourth-order valence-electron chi connectivity index (χ4n) is 1.86. The van der Waals surface area contributed by atoms with Crippen molar-refractivity contribution in [3.63, 3.8) is 0 Å². The number of nitrogens with zero attached hydrogens (tertiary/aromatic N) is 4. The Morgan fingerprint density at radius 3 is 3.05 bits per heavy atom. The summed E-state index contributed by atoms with van der Waals surface area (Å²) < 4.78 is 7.08. The van der Waals surface area contributed by atoms with E-state index in [0.717, 1.165) is 27.3 Å². The Kier molecular flexibility index (Phi) is 4.00. The van der Waals surface area contributed by atoms with Crippen molar-refractivity contribution in [1.29, 1.82) is 0 Å². The second-order valence-corrected chi connectivity index (χ2v) is 6.65. The number of imidazole rings is 1. The van der Waals surface area contributed by atoms with Crippen LogP contribution in [0.1, 0.15) is 19.5 Å². The van der Waals surface area contributed by atoms with Crippen molar-refractivity contribution in [2.75, 3.05) is 0 Å². The molecule has 0 unspecified atom stereocenters. The lowest BCUT2D eigenvalue weighted by molar-refractivity contribution is 0.574. The molecule has 3 aromatic heterocycles. The van der Waals surface area contributed by atoms with E-state index in [1.54, 1.807) is 18.1 Å². The predicted molar refractivity (Wildman–Crippen MR) is 81.2 cm³/mol. The summed E-state index contributed by atoms with van der Waals surface area (Å²) in [6.45, 7) is 5.06. The summed E-state index contributed by atoms with van der Waals surface area (Å²) in [6, 6.07) is 6.47. The second-order valence-electron chi connectivity index (χ2n) is 4.64. The van der Waals surface area contributed by atoms with Crippen LogP contribution in [0.15, 0.2) is 40.1 Å². The molecule has 3 heterocycles. The highest BCUT2D eigenvalue weighted by Gasteiger charge is 2.14. The van der Waals surface area contributed by atoms with Crippen molar-refractivity contribution in [2.45, 2.75) is 35.8 Å². The average Bonchev–Trinajstić information content (AvgIpc) is 3.04. The van der Waals surface area contributed by atoms with E-state index in [1.165, 1.54) is 11.5 Å². The summed E-state index contributed by atoms with van der Waals surface area (Å²) in [6.07, 6.45) is 3.62. The zero-order valence-corrected chi connectivity index (χ0v) is 12.9. The molecular weight excluding hydrogens is 290 g/mol. The quantitative estimate of drug-likeness (QED) is 0.785. The molecule has 0 aliphatic heterocycles. The van der Waals surface area contributed by atoms with Gasteiger partial charge in [-0.3, -0.25) is 0 Å². The molecule has 0 spiro atoms. The third kappa shape index (κ3) is 2.84. The van der Waals surface area contributed by atoms with E-state index in [1.807, 2.05) is 24.4 Å². The molecule has 3 rings (SSSR count). The van der Waals surface area contributed by atoms with E-state index in [9.17, 15) is 0 Å². The van der Waals surface area contributed by atoms with Gasteiger partial charge in [0.25, 0.3) is 0 Å². The van der Waals surface area contributed by atoms with Crippen LogP contribution in [0.2, 0.25) is 0 Å². The summed E-state index contributed by atoms with van der Waals surface area (Å²) in [4.78, 5) is 8.91. The first-order valence-corrected chi connectivity index (χ1v) is 7.97. The third-order valence-electron chi connectivity index (χ3n) is 2.79. The number of aromatic nitrogens is 4. The lowest BCUT2D eigenvalue weighted by Crippen LogP contribution is -2.22. The molecule has 7 heteroatoms. The van der Waals surface area contributed by atoms with E-state index in [4.69, 9.17) is 4.98 Å². The SMILES string of the molecule is CC(C)NCc1c(Sc2ncns2)nc2ccccn12. The Labute approximate surface area is 125 Å². The first-order chi connectivity index (χ1) is 9.74. The van der Waals surface area contributed by atoms with Gasteiger partial charge in [-0.05, 0) is 35.4 Å². The molecular formula is C13H15N5S2. The number of pyridine rings is 1. The molecule has 3 aromatic rings. The van der Waals surface area contributed by atoms with Crippen molar-refractivity contribution in [1.82, 2.24) is 24.1 Å². The van der Waals surface area contributed by atoms with E-state index in [-0.39, 0.29) is 0 Å². The average molecular weight is 305 g/mol. The summed E-state index contributed by atoms with van der Waals surface area (Å²) in [7, 11) is 0. The van der Waals surface area contributed by atoms with Gasteiger partial charge < -0.3 is 9.72 Å². The van der Waals surface area contributed by atoms with Gasteiger partial charge in [-0.15, -0.1) is 0 Å². The summed E-state index contributed by atoms with van der Waals surface area (Å²) in [5.74, 6) is 0. The molecule has 0 amide bonds. The van der Waals surface area contributed by atoms with E-state index >= 15 is 0 Å². The van der Waals surface area contributed by atoms with Crippen LogP contribution < -0.4 is 5.32 Å². The molecule has 104 valence electrons. The monoisotopic (exact) mass is 305 g/mol. The summed E-state index contributed by atoms with van der Waals surface area (Å²) in [5, 5.41) is 4.44. The number of fused-ring (bicyclic) bond motifs is 1. The van der Waals surface area contributed by atoms with E-state index in [2.05, 4.69) is 32.9 Å². The van der Waals surface area contributed by atoms with Crippen molar-refractivity contribution in [3.8, 4) is 0 Å². The maximum absolute atomic E-state index is 4.69. The van der Waals surface area contributed by atoms with Gasteiger partial charge >= 0.3 is 0 Å². The van der Waals surface area contributed by atoms with E-state index < -0.39 is 0 Å². The molecule has 0 bridgehead atoms. The third-order valence-corrected chi connectivity index (χ3v) is 4.53. The number of hydrogen-bond acceptors (Lipinski definition) is 6. The summed E-state index contributed by atoms with van der Waals surface area (Å²) >= 11 is 2.96. The van der Waals surface area contributed by atoms with Gasteiger partial charge in [-0.25, -0.2) is 9.97 Å². The molecule has 0 aliphatic carbocycles. The maximum atomic E-state index is 4.69. The van der Waals surface area contributed by atoms with Gasteiger partial charge in [0.15, 0.2) is 4.34 Å². The molecule has 20 heavy (non-hydrogen) atoms. The van der Waals surface area contributed by atoms with Gasteiger partial charge in [-0.2, -0.15) is 4.37 Å². The number of hydrogen-bond donors (Lipinski definition) is 1. The lowest BCUT2D eigenvalue weighted by Gasteiger charge is -2.09. The van der Waals surface area contributed by atoms with Crippen LogP contribution in [0.25, 0.3) is 5.65 Å². The fourth-order valence-corrected chi connectivity index (χ4v) is 3.35. The minimum absolute atomic E-state index is 0.434. The lowest BCUT2D eigenvalue weighted by atomic mass is 10.3. The van der Waals surface area contributed by atoms with Crippen LogP contribution >= 0.6 is 23.3 Å². The highest BCUT2D eigenvalue weighted by molar-refractivity contribution is 8.00. The Balaban J connectivity index is 1.98. The molecule has 0 saturated heterocycles. The van der Waals surface area contributed by atoms with Crippen molar-refractivity contribution >= 4 is 28.9 Å². The van der Waals surface area contributed by atoms with Gasteiger partial charge in [0, 0.05) is 18.8 Å². The predicted octanol–water partition coefficient (Wildman–Crippen LogP) is 2.84. The molecule has 0 atom stereocenters. The second kappa shape index (κ2) is 5.90. The Morgan fingerprint density at radius 1 is 1.40 bits per heavy atom. The normalized spacial score (nSPS) is 11.6. The minimum atomic E-state index is 0.434. The van der Waals surface area contributed by atoms with Gasteiger partial charge in [0.05, 0.1) is 5.69 Å². The standard InChI is InChI=1S/C13H15N5S2/c1-9(2)14-7-10-12(19-13-15-8-16-20-13)17-11-5-3-4-6-18(10)11/h3-6,8-9,14H,7H2,1-2H3.